The van der Waals surface area contributed by atoms with Gasteiger partial charge >= 0.3 is 0 Å². The summed E-state index contributed by atoms with van der Waals surface area (Å²) >= 11 is 13.6. The normalized spacial score (nSPS) is 14.7. The highest BCUT2D eigenvalue weighted by Gasteiger charge is 2.35. The molecule has 0 aliphatic carbocycles. The average molecular weight is 514 g/mol. The number of ether oxygens (including phenoxy) is 2. The molecule has 0 spiro atoms. The molecule has 0 bridgehead atoms. The molecule has 4 rings (SSSR count). The largest absolute Gasteiger partial charge is 0.490 e. The van der Waals surface area contributed by atoms with E-state index in [2.05, 4.69) is 0 Å². The van der Waals surface area contributed by atoms with Crippen molar-refractivity contribution in [2.24, 2.45) is 0 Å². The molecule has 174 valence electrons. The first-order chi connectivity index (χ1) is 16.5. The Hall–Kier alpha value is -2.93. The molecule has 0 unspecified atom stereocenters. The number of carbonyl (C=O) groups is 2. The number of thioether (sulfide) groups is 1. The summed E-state index contributed by atoms with van der Waals surface area (Å²) in [5.74, 6) is 0.511. The van der Waals surface area contributed by atoms with Crippen molar-refractivity contribution in [3.8, 4) is 11.5 Å². The van der Waals surface area contributed by atoms with E-state index in [9.17, 15) is 9.59 Å². The molecule has 1 aliphatic heterocycles. The molecule has 1 heterocycles. The number of benzene rings is 3. The van der Waals surface area contributed by atoms with Crippen molar-refractivity contribution in [1.82, 2.24) is 4.90 Å². The molecule has 3 aromatic carbocycles. The van der Waals surface area contributed by atoms with Crippen LogP contribution in [0, 0.1) is 0 Å². The molecule has 0 radical (unpaired) electrons. The van der Waals surface area contributed by atoms with Crippen LogP contribution in [0.4, 0.5) is 4.79 Å². The zero-order chi connectivity index (χ0) is 24.1. The van der Waals surface area contributed by atoms with Gasteiger partial charge in [0.1, 0.15) is 6.61 Å². The minimum atomic E-state index is -0.381. The molecule has 0 saturated carbocycles. The number of halogens is 2. The molecule has 1 saturated heterocycles. The van der Waals surface area contributed by atoms with Crippen LogP contribution in [-0.2, 0) is 17.9 Å². The van der Waals surface area contributed by atoms with E-state index in [4.69, 9.17) is 32.7 Å². The van der Waals surface area contributed by atoms with E-state index in [0.29, 0.717) is 50.8 Å². The van der Waals surface area contributed by atoms with Crippen molar-refractivity contribution < 1.29 is 19.1 Å². The van der Waals surface area contributed by atoms with Gasteiger partial charge in [0.25, 0.3) is 11.1 Å². The molecule has 1 aliphatic rings. The minimum Gasteiger partial charge on any atom is -0.490 e. The van der Waals surface area contributed by atoms with Gasteiger partial charge in [-0.1, -0.05) is 71.7 Å². The summed E-state index contributed by atoms with van der Waals surface area (Å²) in [5, 5.41) is 0.503. The van der Waals surface area contributed by atoms with Crippen LogP contribution in [0.15, 0.2) is 71.6 Å². The van der Waals surface area contributed by atoms with Gasteiger partial charge in [0, 0.05) is 5.02 Å². The summed E-state index contributed by atoms with van der Waals surface area (Å²) in [7, 11) is 0. The molecule has 2 amide bonds. The molecule has 0 aromatic heterocycles. The molecule has 34 heavy (non-hydrogen) atoms. The van der Waals surface area contributed by atoms with Gasteiger partial charge in [-0.3, -0.25) is 14.5 Å². The third-order valence-corrected chi connectivity index (χ3v) is 6.57. The second kappa shape index (κ2) is 11.0. The Labute approximate surface area is 212 Å². The average Bonchev–Trinajstić information content (AvgIpc) is 3.08. The van der Waals surface area contributed by atoms with Crippen LogP contribution >= 0.6 is 35.0 Å². The third kappa shape index (κ3) is 5.58. The van der Waals surface area contributed by atoms with Crippen LogP contribution < -0.4 is 9.47 Å². The number of hydrogen-bond acceptors (Lipinski definition) is 5. The Morgan fingerprint density at radius 2 is 1.68 bits per heavy atom. The number of rotatable bonds is 8. The zero-order valence-corrected chi connectivity index (χ0v) is 20.6. The van der Waals surface area contributed by atoms with Crippen LogP contribution in [0.3, 0.4) is 0 Å². The number of amides is 2. The smallest absolute Gasteiger partial charge is 0.293 e. The standard InChI is InChI=1S/C26H21Cl2NO4S/c1-2-32-22-13-18(12-21(28)24(22)33-16-17-8-4-3-5-9-17)14-23-25(30)29(26(31)34-23)15-19-10-6-7-11-20(19)27/h3-14H,2,15-16H2,1H3/b23-14-. The quantitative estimate of drug-likeness (QED) is 0.298. The molecule has 0 atom stereocenters. The van der Waals surface area contributed by atoms with E-state index in [1.54, 1.807) is 36.4 Å². The Kier molecular flexibility index (Phi) is 7.83. The van der Waals surface area contributed by atoms with Gasteiger partial charge in [-0.05, 0) is 59.7 Å². The third-order valence-electron chi connectivity index (χ3n) is 5.02. The topological polar surface area (TPSA) is 55.8 Å². The van der Waals surface area contributed by atoms with Crippen LogP contribution in [0.2, 0.25) is 10.0 Å². The Bertz CT molecular complexity index is 1250. The fraction of sp³-hybridized carbons (Fsp3) is 0.154. The van der Waals surface area contributed by atoms with Crippen molar-refractivity contribution in [2.45, 2.75) is 20.1 Å². The molecule has 3 aromatic rings. The first-order valence-corrected chi connectivity index (χ1v) is 12.2. The van der Waals surface area contributed by atoms with E-state index < -0.39 is 0 Å². The predicted molar refractivity (Wildman–Crippen MR) is 136 cm³/mol. The summed E-state index contributed by atoms with van der Waals surface area (Å²) in [6, 6.07) is 20.3. The van der Waals surface area contributed by atoms with Crippen LogP contribution in [0.5, 0.6) is 11.5 Å². The number of hydrogen-bond donors (Lipinski definition) is 0. The first kappa shape index (κ1) is 24.2. The van der Waals surface area contributed by atoms with E-state index in [0.717, 1.165) is 17.3 Å². The first-order valence-electron chi connectivity index (χ1n) is 10.6. The van der Waals surface area contributed by atoms with E-state index in [1.807, 2.05) is 43.3 Å². The maximum atomic E-state index is 12.9. The lowest BCUT2D eigenvalue weighted by molar-refractivity contribution is -0.123. The monoisotopic (exact) mass is 513 g/mol. The van der Waals surface area contributed by atoms with E-state index in [-0.39, 0.29) is 17.7 Å². The summed E-state index contributed by atoms with van der Waals surface area (Å²) in [5.41, 5.74) is 2.33. The fourth-order valence-electron chi connectivity index (χ4n) is 3.39. The van der Waals surface area contributed by atoms with Gasteiger partial charge in [-0.15, -0.1) is 0 Å². The van der Waals surface area contributed by atoms with Gasteiger partial charge in [-0.2, -0.15) is 0 Å². The molecule has 0 N–H and O–H groups in total. The second-order valence-corrected chi connectivity index (χ2v) is 9.20. The summed E-state index contributed by atoms with van der Waals surface area (Å²) in [6.07, 6.45) is 1.63. The Balaban J connectivity index is 1.56. The molecule has 5 nitrogen and oxygen atoms in total. The number of carbonyl (C=O) groups excluding carboxylic acids is 2. The molecule has 8 heteroatoms. The summed E-state index contributed by atoms with van der Waals surface area (Å²) in [6.45, 7) is 2.72. The molecular formula is C26H21Cl2NO4S. The summed E-state index contributed by atoms with van der Waals surface area (Å²) < 4.78 is 11.7. The highest BCUT2D eigenvalue weighted by molar-refractivity contribution is 8.18. The molecular weight excluding hydrogens is 493 g/mol. The summed E-state index contributed by atoms with van der Waals surface area (Å²) in [4.78, 5) is 26.9. The number of nitrogens with zero attached hydrogens (tertiary/aromatic N) is 1. The highest BCUT2D eigenvalue weighted by Crippen LogP contribution is 2.40. The van der Waals surface area contributed by atoms with Gasteiger partial charge in [0.05, 0.1) is 23.1 Å². The van der Waals surface area contributed by atoms with Crippen molar-refractivity contribution in [1.29, 1.82) is 0 Å². The zero-order valence-electron chi connectivity index (χ0n) is 18.3. The lowest BCUT2D eigenvalue weighted by Crippen LogP contribution is -2.27. The van der Waals surface area contributed by atoms with Gasteiger partial charge in [0.2, 0.25) is 0 Å². The fourth-order valence-corrected chi connectivity index (χ4v) is 4.70. The van der Waals surface area contributed by atoms with E-state index in [1.165, 1.54) is 4.90 Å². The van der Waals surface area contributed by atoms with Crippen LogP contribution in [0.25, 0.3) is 6.08 Å². The van der Waals surface area contributed by atoms with E-state index >= 15 is 0 Å². The van der Waals surface area contributed by atoms with Gasteiger partial charge < -0.3 is 9.47 Å². The van der Waals surface area contributed by atoms with Crippen molar-refractivity contribution in [3.05, 3.63) is 98.4 Å². The Morgan fingerprint density at radius 1 is 0.941 bits per heavy atom. The van der Waals surface area contributed by atoms with Crippen LogP contribution in [-0.4, -0.2) is 22.7 Å². The van der Waals surface area contributed by atoms with Crippen LogP contribution in [0.1, 0.15) is 23.6 Å². The second-order valence-electron chi connectivity index (χ2n) is 7.40. The Morgan fingerprint density at radius 3 is 2.41 bits per heavy atom. The predicted octanol–water partition coefficient (Wildman–Crippen LogP) is 7.21. The lowest BCUT2D eigenvalue weighted by atomic mass is 10.1. The number of imide groups is 1. The van der Waals surface area contributed by atoms with Gasteiger partial charge in [-0.25, -0.2) is 0 Å². The lowest BCUT2D eigenvalue weighted by Gasteiger charge is -2.15. The molecule has 1 fully saturated rings. The van der Waals surface area contributed by atoms with Crippen molar-refractivity contribution in [2.75, 3.05) is 6.61 Å². The van der Waals surface area contributed by atoms with Crippen molar-refractivity contribution in [3.63, 3.8) is 0 Å². The van der Waals surface area contributed by atoms with Crippen molar-refractivity contribution >= 4 is 52.2 Å². The maximum Gasteiger partial charge on any atom is 0.293 e. The van der Waals surface area contributed by atoms with Gasteiger partial charge in [0.15, 0.2) is 11.5 Å². The highest BCUT2D eigenvalue weighted by atomic mass is 35.5. The maximum absolute atomic E-state index is 12.9. The SMILES string of the molecule is CCOc1cc(/C=C2\SC(=O)N(Cc3ccccc3Cl)C2=O)cc(Cl)c1OCc1ccccc1. The minimum absolute atomic E-state index is 0.110.